The third-order valence-corrected chi connectivity index (χ3v) is 5.02. The average Bonchev–Trinajstić information content (AvgIpc) is 2.70. The number of aryl methyl sites for hydroxylation is 1. The van der Waals surface area contributed by atoms with Gasteiger partial charge in [0.25, 0.3) is 0 Å². The highest BCUT2D eigenvalue weighted by Gasteiger charge is 2.23. The number of carbonyl (C=O) groups excluding carboxylic acids is 1. The lowest BCUT2D eigenvalue weighted by Gasteiger charge is -2.32. The number of amides is 2. The zero-order valence-corrected chi connectivity index (χ0v) is 16.5. The number of ether oxygens (including phenoxy) is 1. The summed E-state index contributed by atoms with van der Waals surface area (Å²) in [5, 5.41) is 2.74. The van der Waals surface area contributed by atoms with Gasteiger partial charge in [-0.05, 0) is 56.1 Å². The lowest BCUT2D eigenvalue weighted by molar-refractivity contribution is 0.196. The Morgan fingerprint density at radius 2 is 1.93 bits per heavy atom. The van der Waals surface area contributed by atoms with E-state index in [4.69, 9.17) is 10.5 Å². The Morgan fingerprint density at radius 1 is 1.21 bits per heavy atom. The van der Waals surface area contributed by atoms with Crippen LogP contribution in [0.2, 0.25) is 0 Å². The first-order chi connectivity index (χ1) is 13.5. The summed E-state index contributed by atoms with van der Waals surface area (Å²) < 4.78 is 5.11. The topological polar surface area (TPSA) is 79.9 Å². The number of anilines is 1. The van der Waals surface area contributed by atoms with Gasteiger partial charge in [-0.25, -0.2) is 4.79 Å². The molecule has 1 saturated heterocycles. The fourth-order valence-corrected chi connectivity index (χ4v) is 3.43. The van der Waals surface area contributed by atoms with Crippen LogP contribution in [0, 0.1) is 12.8 Å². The zero-order chi connectivity index (χ0) is 19.9. The molecule has 2 aromatic rings. The maximum Gasteiger partial charge on any atom is 0.347 e. The van der Waals surface area contributed by atoms with Crippen molar-refractivity contribution in [3.05, 3.63) is 59.7 Å². The number of nitrogens with one attached hydrogen (secondary N) is 1. The second-order valence-electron chi connectivity index (χ2n) is 7.26. The van der Waals surface area contributed by atoms with E-state index in [1.54, 1.807) is 31.4 Å². The molecule has 0 bridgehead atoms. The molecular formula is C22H28N4O2. The van der Waals surface area contributed by atoms with E-state index in [2.05, 4.69) is 46.4 Å². The Hall–Kier alpha value is -2.86. The predicted octanol–water partition coefficient (Wildman–Crippen LogP) is 3.80. The van der Waals surface area contributed by atoms with E-state index < -0.39 is 6.03 Å². The number of nitrogens with zero attached hydrogens (tertiary/aromatic N) is 2. The SMILES string of the molecule is COc1ccc(NC(=O)/N=C(\N)C2CCCN(Cc3ccc(C)cc3)C2)cc1. The van der Waals surface area contributed by atoms with Crippen molar-refractivity contribution in [1.82, 2.24) is 4.90 Å². The Kier molecular flexibility index (Phi) is 6.66. The van der Waals surface area contributed by atoms with Gasteiger partial charge >= 0.3 is 6.03 Å². The number of nitrogens with two attached hydrogens (primary N) is 1. The number of benzene rings is 2. The fraction of sp³-hybridized carbons (Fsp3) is 0.364. The summed E-state index contributed by atoms with van der Waals surface area (Å²) in [5.41, 5.74) is 9.38. The van der Waals surface area contributed by atoms with Crippen LogP contribution in [0.15, 0.2) is 53.5 Å². The van der Waals surface area contributed by atoms with Crippen LogP contribution in [-0.2, 0) is 6.54 Å². The van der Waals surface area contributed by atoms with Crippen molar-refractivity contribution >= 4 is 17.6 Å². The molecule has 148 valence electrons. The quantitative estimate of drug-likeness (QED) is 0.611. The van der Waals surface area contributed by atoms with Crippen LogP contribution >= 0.6 is 0 Å². The van der Waals surface area contributed by atoms with Gasteiger partial charge in [0.05, 0.1) is 7.11 Å². The average molecular weight is 380 g/mol. The molecule has 0 saturated carbocycles. The summed E-state index contributed by atoms with van der Waals surface area (Å²) in [6, 6.07) is 15.3. The van der Waals surface area contributed by atoms with Crippen molar-refractivity contribution in [2.45, 2.75) is 26.3 Å². The molecule has 1 atom stereocenters. The second-order valence-corrected chi connectivity index (χ2v) is 7.26. The summed E-state index contributed by atoms with van der Waals surface area (Å²) in [7, 11) is 1.60. The first kappa shape index (κ1) is 19.9. The van der Waals surface area contributed by atoms with E-state index in [-0.39, 0.29) is 5.92 Å². The van der Waals surface area contributed by atoms with Crippen molar-refractivity contribution in [2.75, 3.05) is 25.5 Å². The minimum atomic E-state index is -0.446. The van der Waals surface area contributed by atoms with E-state index in [1.165, 1.54) is 11.1 Å². The molecule has 2 amide bonds. The molecule has 3 rings (SSSR count). The Balaban J connectivity index is 1.56. The minimum absolute atomic E-state index is 0.0980. The van der Waals surface area contributed by atoms with E-state index >= 15 is 0 Å². The van der Waals surface area contributed by atoms with Gasteiger partial charge in [-0.3, -0.25) is 4.90 Å². The number of carbonyl (C=O) groups is 1. The van der Waals surface area contributed by atoms with Crippen molar-refractivity contribution in [3.8, 4) is 5.75 Å². The Labute approximate surface area is 166 Å². The number of methoxy groups -OCH3 is 1. The van der Waals surface area contributed by atoms with Gasteiger partial charge in [-0.2, -0.15) is 4.99 Å². The van der Waals surface area contributed by atoms with Gasteiger partial charge in [0, 0.05) is 24.7 Å². The number of hydrogen-bond donors (Lipinski definition) is 2. The van der Waals surface area contributed by atoms with E-state index in [0.717, 1.165) is 38.2 Å². The third kappa shape index (κ3) is 5.57. The molecule has 0 radical (unpaired) electrons. The zero-order valence-electron chi connectivity index (χ0n) is 16.5. The molecule has 6 nitrogen and oxygen atoms in total. The largest absolute Gasteiger partial charge is 0.497 e. The van der Waals surface area contributed by atoms with Gasteiger partial charge in [0.2, 0.25) is 0 Å². The third-order valence-electron chi connectivity index (χ3n) is 5.02. The Bertz CT molecular complexity index is 815. The van der Waals surface area contributed by atoms with Crippen LogP contribution in [0.25, 0.3) is 0 Å². The predicted molar refractivity (Wildman–Crippen MR) is 113 cm³/mol. The lowest BCUT2D eigenvalue weighted by atomic mass is 9.96. The number of piperidine rings is 1. The first-order valence-corrected chi connectivity index (χ1v) is 9.60. The molecule has 1 aliphatic rings. The van der Waals surface area contributed by atoms with E-state index in [0.29, 0.717) is 11.5 Å². The molecule has 1 aliphatic heterocycles. The van der Waals surface area contributed by atoms with Gasteiger partial charge in [-0.15, -0.1) is 0 Å². The molecule has 28 heavy (non-hydrogen) atoms. The molecule has 2 aromatic carbocycles. The molecule has 0 spiro atoms. The summed E-state index contributed by atoms with van der Waals surface area (Å²) >= 11 is 0. The monoisotopic (exact) mass is 380 g/mol. The second kappa shape index (κ2) is 9.37. The van der Waals surface area contributed by atoms with E-state index in [1.807, 2.05) is 0 Å². The van der Waals surface area contributed by atoms with Gasteiger partial charge in [-0.1, -0.05) is 29.8 Å². The molecule has 1 heterocycles. The molecule has 6 heteroatoms. The van der Waals surface area contributed by atoms with Crippen LogP contribution in [0.4, 0.5) is 10.5 Å². The number of aliphatic imine (C=N–C) groups is 1. The summed E-state index contributed by atoms with van der Waals surface area (Å²) in [6.45, 7) is 4.84. The molecule has 0 aromatic heterocycles. The van der Waals surface area contributed by atoms with Crippen LogP contribution in [0.1, 0.15) is 24.0 Å². The summed E-state index contributed by atoms with van der Waals surface area (Å²) in [6.07, 6.45) is 2.00. The highest BCUT2D eigenvalue weighted by molar-refractivity contribution is 6.00. The van der Waals surface area contributed by atoms with Crippen molar-refractivity contribution < 1.29 is 9.53 Å². The number of rotatable bonds is 5. The van der Waals surface area contributed by atoms with E-state index in [9.17, 15) is 4.79 Å². The van der Waals surface area contributed by atoms with Crippen LogP contribution in [-0.4, -0.2) is 37.0 Å². The Morgan fingerprint density at radius 3 is 2.61 bits per heavy atom. The number of amidine groups is 1. The van der Waals surface area contributed by atoms with Gasteiger partial charge < -0.3 is 15.8 Å². The highest BCUT2D eigenvalue weighted by atomic mass is 16.5. The number of hydrogen-bond acceptors (Lipinski definition) is 3. The molecule has 0 aliphatic carbocycles. The molecular weight excluding hydrogens is 352 g/mol. The minimum Gasteiger partial charge on any atom is -0.497 e. The molecule has 1 fully saturated rings. The highest BCUT2D eigenvalue weighted by Crippen LogP contribution is 2.20. The van der Waals surface area contributed by atoms with Crippen molar-refractivity contribution in [2.24, 2.45) is 16.6 Å². The fourth-order valence-electron chi connectivity index (χ4n) is 3.43. The lowest BCUT2D eigenvalue weighted by Crippen LogP contribution is -2.41. The van der Waals surface area contributed by atoms with Gasteiger partial charge in [0.1, 0.15) is 11.6 Å². The van der Waals surface area contributed by atoms with Crippen LogP contribution in [0.3, 0.4) is 0 Å². The van der Waals surface area contributed by atoms with Crippen LogP contribution < -0.4 is 15.8 Å². The van der Waals surface area contributed by atoms with Crippen molar-refractivity contribution in [1.29, 1.82) is 0 Å². The standard InChI is InChI=1S/C22H28N4O2/c1-16-5-7-17(8-6-16)14-26-13-3-4-18(15-26)21(23)25-22(27)24-19-9-11-20(28-2)12-10-19/h5-12,18H,3-4,13-15H2,1-2H3,(H3,23,24,25,27). The van der Waals surface area contributed by atoms with Gasteiger partial charge in [0.15, 0.2) is 0 Å². The maximum atomic E-state index is 12.2. The van der Waals surface area contributed by atoms with Crippen LogP contribution in [0.5, 0.6) is 5.75 Å². The normalized spacial score (nSPS) is 17.9. The summed E-state index contributed by atoms with van der Waals surface area (Å²) in [5.74, 6) is 1.23. The molecule has 3 N–H and O–H groups in total. The first-order valence-electron chi connectivity index (χ1n) is 9.60. The number of likely N-dealkylation sites (tertiary alicyclic amines) is 1. The number of urea groups is 1. The molecule has 1 unspecified atom stereocenters. The van der Waals surface area contributed by atoms with Crippen molar-refractivity contribution in [3.63, 3.8) is 0 Å². The summed E-state index contributed by atoms with van der Waals surface area (Å²) in [4.78, 5) is 18.7. The maximum absolute atomic E-state index is 12.2. The smallest absolute Gasteiger partial charge is 0.347 e.